The van der Waals surface area contributed by atoms with Crippen LogP contribution in [0.15, 0.2) is 21.9 Å². The number of hydrogen-bond donors (Lipinski definition) is 2. The van der Waals surface area contributed by atoms with Crippen LogP contribution in [0, 0.1) is 5.92 Å². The molecule has 4 atom stereocenters. The Morgan fingerprint density at radius 2 is 1.93 bits per heavy atom. The lowest BCUT2D eigenvalue weighted by molar-refractivity contribution is -0.218. The molecule has 0 unspecified atom stereocenters. The lowest BCUT2D eigenvalue weighted by Crippen LogP contribution is -2.44. The molecule has 0 aliphatic carbocycles. The second kappa shape index (κ2) is 9.36. The molecule has 1 aromatic heterocycles. The van der Waals surface area contributed by atoms with E-state index in [2.05, 4.69) is 9.47 Å². The molecule has 12 nitrogen and oxygen atoms in total. The summed E-state index contributed by atoms with van der Waals surface area (Å²) >= 11 is 0. The Morgan fingerprint density at radius 3 is 2.53 bits per heavy atom. The highest BCUT2D eigenvalue weighted by Crippen LogP contribution is 2.38. The number of hydrogen-bond acceptors (Lipinski definition) is 10. The van der Waals surface area contributed by atoms with Gasteiger partial charge in [0.2, 0.25) is 0 Å². The van der Waals surface area contributed by atoms with Crippen LogP contribution in [0.2, 0.25) is 0 Å². The SMILES string of the molecule is CCOC(=O)OCn1c(=O)ccn([C@@H]2O[C@](F)(COC(=O)C(C)C)[C@@H](O)[C@H]2O)c1=O. The molecule has 1 saturated heterocycles. The van der Waals surface area contributed by atoms with Gasteiger partial charge in [0.05, 0.1) is 12.5 Å². The third-order valence-electron chi connectivity index (χ3n) is 4.20. The zero-order valence-electron chi connectivity index (χ0n) is 16.5. The topological polar surface area (TPSA) is 156 Å². The van der Waals surface area contributed by atoms with E-state index in [1.165, 1.54) is 20.8 Å². The predicted molar refractivity (Wildman–Crippen MR) is 94.8 cm³/mol. The molecule has 30 heavy (non-hydrogen) atoms. The number of rotatable bonds is 7. The summed E-state index contributed by atoms with van der Waals surface area (Å²) in [6, 6.07) is 0.884. The molecule has 1 fully saturated rings. The predicted octanol–water partition coefficient (Wildman–Crippen LogP) is -0.744. The van der Waals surface area contributed by atoms with Crippen molar-refractivity contribution in [3.8, 4) is 0 Å². The van der Waals surface area contributed by atoms with Crippen LogP contribution in [0.4, 0.5) is 9.18 Å². The standard InChI is InChI=1S/C17H23FN2O10/c1-4-27-16(26)29-8-20-10(21)5-6-19(15(20)25)13-11(22)12(23)17(18,30-13)7-28-14(24)9(2)3/h5-6,9,11-13,22-23H,4,7-8H2,1-3H3/t11-,12+,13-,17-/m1/s1. The van der Waals surface area contributed by atoms with E-state index < -0.39 is 66.9 Å². The molecule has 168 valence electrons. The second-order valence-electron chi connectivity index (χ2n) is 6.72. The van der Waals surface area contributed by atoms with Gasteiger partial charge in [0.25, 0.3) is 11.4 Å². The van der Waals surface area contributed by atoms with Crippen molar-refractivity contribution in [2.45, 2.75) is 51.8 Å². The molecule has 1 aromatic rings. The molecule has 0 spiro atoms. The summed E-state index contributed by atoms with van der Waals surface area (Å²) in [6.45, 7) is 2.71. The number of carbonyl (C=O) groups is 2. The number of carbonyl (C=O) groups excluding carboxylic acids is 2. The third kappa shape index (κ3) is 4.86. The summed E-state index contributed by atoms with van der Waals surface area (Å²) in [7, 11) is 0. The zero-order chi connectivity index (χ0) is 22.6. The van der Waals surface area contributed by atoms with Gasteiger partial charge < -0.3 is 29.2 Å². The van der Waals surface area contributed by atoms with E-state index in [-0.39, 0.29) is 6.61 Å². The summed E-state index contributed by atoms with van der Waals surface area (Å²) in [5.41, 5.74) is -1.97. The number of aliphatic hydroxyl groups is 2. The van der Waals surface area contributed by atoms with Crippen LogP contribution in [0.25, 0.3) is 0 Å². The fraction of sp³-hybridized carbons (Fsp3) is 0.647. The molecule has 2 rings (SSSR count). The number of esters is 1. The van der Waals surface area contributed by atoms with Crippen LogP contribution in [0.1, 0.15) is 27.0 Å². The largest absolute Gasteiger partial charge is 0.510 e. The van der Waals surface area contributed by atoms with Gasteiger partial charge in [-0.3, -0.25) is 14.2 Å². The molecule has 0 aromatic carbocycles. The van der Waals surface area contributed by atoms with Crippen molar-refractivity contribution in [1.29, 1.82) is 0 Å². The summed E-state index contributed by atoms with van der Waals surface area (Å²) in [4.78, 5) is 47.3. The monoisotopic (exact) mass is 434 g/mol. The first-order chi connectivity index (χ1) is 14.0. The van der Waals surface area contributed by atoms with Crippen molar-refractivity contribution >= 4 is 12.1 Å². The van der Waals surface area contributed by atoms with Gasteiger partial charge in [-0.15, -0.1) is 0 Å². The maximum atomic E-state index is 15.0. The van der Waals surface area contributed by atoms with Crippen LogP contribution >= 0.6 is 0 Å². The lowest BCUT2D eigenvalue weighted by atomic mass is 10.1. The first-order valence-corrected chi connectivity index (χ1v) is 9.02. The van der Waals surface area contributed by atoms with E-state index in [0.717, 1.165) is 12.3 Å². The van der Waals surface area contributed by atoms with E-state index in [9.17, 15) is 33.8 Å². The molecule has 2 heterocycles. The molecule has 0 radical (unpaired) electrons. The Bertz CT molecular complexity index is 897. The van der Waals surface area contributed by atoms with Crippen LogP contribution in [0.3, 0.4) is 0 Å². The minimum atomic E-state index is -3.00. The van der Waals surface area contributed by atoms with Gasteiger partial charge in [-0.25, -0.2) is 18.5 Å². The van der Waals surface area contributed by atoms with Gasteiger partial charge in [-0.1, -0.05) is 13.8 Å². The van der Waals surface area contributed by atoms with Crippen LogP contribution in [0.5, 0.6) is 0 Å². The number of aliphatic hydroxyl groups excluding tert-OH is 2. The van der Waals surface area contributed by atoms with Gasteiger partial charge in [-0.2, -0.15) is 0 Å². The first-order valence-electron chi connectivity index (χ1n) is 9.02. The minimum Gasteiger partial charge on any atom is -0.459 e. The summed E-state index contributed by atoms with van der Waals surface area (Å²) in [6.07, 6.45) is -6.07. The highest BCUT2D eigenvalue weighted by atomic mass is 19.2. The van der Waals surface area contributed by atoms with Crippen molar-refractivity contribution in [2.75, 3.05) is 13.2 Å². The van der Waals surface area contributed by atoms with Gasteiger partial charge in [0.15, 0.2) is 19.6 Å². The van der Waals surface area contributed by atoms with Crippen molar-refractivity contribution in [3.05, 3.63) is 33.1 Å². The molecule has 1 aliphatic heterocycles. The van der Waals surface area contributed by atoms with Crippen molar-refractivity contribution in [1.82, 2.24) is 9.13 Å². The molecule has 1 aliphatic rings. The van der Waals surface area contributed by atoms with E-state index in [0.29, 0.717) is 9.13 Å². The maximum absolute atomic E-state index is 15.0. The normalized spacial score (nSPS) is 25.9. The fourth-order valence-corrected chi connectivity index (χ4v) is 2.55. The van der Waals surface area contributed by atoms with Crippen LogP contribution in [-0.2, 0) is 30.5 Å². The van der Waals surface area contributed by atoms with Gasteiger partial charge in [0, 0.05) is 12.3 Å². The molecule has 13 heteroatoms. The van der Waals surface area contributed by atoms with Gasteiger partial charge in [0.1, 0.15) is 12.2 Å². The molecule has 0 bridgehead atoms. The van der Waals surface area contributed by atoms with Crippen LogP contribution < -0.4 is 11.2 Å². The van der Waals surface area contributed by atoms with Gasteiger partial charge in [-0.05, 0) is 6.92 Å². The number of nitrogens with zero attached hydrogens (tertiary/aromatic N) is 2. The summed E-state index contributed by atoms with van der Waals surface area (Å²) in [5.74, 6) is -4.34. The Labute approximate surface area is 169 Å². The zero-order valence-corrected chi connectivity index (χ0v) is 16.5. The van der Waals surface area contributed by atoms with E-state index in [1.807, 2.05) is 0 Å². The Balaban J connectivity index is 2.25. The number of aromatic nitrogens is 2. The highest BCUT2D eigenvalue weighted by Gasteiger charge is 2.57. The average molecular weight is 434 g/mol. The summed E-state index contributed by atoms with van der Waals surface area (Å²) < 4.78 is 35.0. The van der Waals surface area contributed by atoms with Crippen molar-refractivity contribution in [3.63, 3.8) is 0 Å². The molecular weight excluding hydrogens is 411 g/mol. The van der Waals surface area contributed by atoms with E-state index >= 15 is 0 Å². The Morgan fingerprint density at radius 1 is 1.27 bits per heavy atom. The molecule has 2 N–H and O–H groups in total. The lowest BCUT2D eigenvalue weighted by Gasteiger charge is -2.23. The number of ether oxygens (including phenoxy) is 4. The van der Waals surface area contributed by atoms with Crippen molar-refractivity contribution < 1.29 is 43.1 Å². The first kappa shape index (κ1) is 23.5. The second-order valence-corrected chi connectivity index (χ2v) is 6.72. The minimum absolute atomic E-state index is 0.00666. The molecule has 0 saturated carbocycles. The maximum Gasteiger partial charge on any atom is 0.510 e. The van der Waals surface area contributed by atoms with Crippen molar-refractivity contribution in [2.24, 2.45) is 5.92 Å². The van der Waals surface area contributed by atoms with Gasteiger partial charge >= 0.3 is 17.8 Å². The smallest absolute Gasteiger partial charge is 0.459 e. The summed E-state index contributed by atoms with van der Waals surface area (Å²) in [5, 5.41) is 20.2. The van der Waals surface area contributed by atoms with Crippen LogP contribution in [-0.4, -0.2) is 62.7 Å². The number of halogens is 1. The molecular formula is C17H23FN2O10. The van der Waals surface area contributed by atoms with E-state index in [1.54, 1.807) is 0 Å². The fourth-order valence-electron chi connectivity index (χ4n) is 2.55. The van der Waals surface area contributed by atoms with E-state index in [4.69, 9.17) is 9.47 Å². The quantitative estimate of drug-likeness (QED) is 0.524. The average Bonchev–Trinajstić information content (AvgIpc) is 2.90. The Kier molecular flexibility index (Phi) is 7.34. The molecule has 0 amide bonds. The number of alkyl halides is 1. The Hall–Kier alpha value is -2.77. The highest BCUT2D eigenvalue weighted by molar-refractivity contribution is 5.71. The third-order valence-corrected chi connectivity index (χ3v) is 4.20.